The van der Waals surface area contributed by atoms with E-state index in [-0.39, 0.29) is 25.7 Å². The molecule has 4 aliphatic rings. The van der Waals surface area contributed by atoms with Crippen LogP contribution in [0.5, 0.6) is 23.0 Å². The summed E-state index contributed by atoms with van der Waals surface area (Å²) in [7, 11) is 2.14. The summed E-state index contributed by atoms with van der Waals surface area (Å²) in [6.45, 7) is 3.97. The van der Waals surface area contributed by atoms with Crippen molar-refractivity contribution in [2.75, 3.05) is 33.8 Å². The zero-order valence-corrected chi connectivity index (χ0v) is 16.5. The molecule has 4 heterocycles. The molecule has 4 aliphatic heterocycles. The Labute approximate surface area is 169 Å². The van der Waals surface area contributed by atoms with Crippen molar-refractivity contribution in [3.05, 3.63) is 46.5 Å². The molecule has 152 valence electrons. The van der Waals surface area contributed by atoms with Gasteiger partial charge in [-0.1, -0.05) is 6.07 Å². The third-order valence-electron chi connectivity index (χ3n) is 6.19. The Morgan fingerprint density at radius 2 is 1.79 bits per heavy atom. The van der Waals surface area contributed by atoms with Gasteiger partial charge in [-0.05, 0) is 55.3 Å². The van der Waals surface area contributed by atoms with E-state index >= 15 is 0 Å². The SMILES string of the molecule is CCO[C@@H]1O[C@@H]([C@@H]2c3cc4c(cc3CCN2C)OCO4)c2ccc3c(c21)OCO3. The summed E-state index contributed by atoms with van der Waals surface area (Å²) < 4.78 is 35.1. The number of fused-ring (bicyclic) bond motifs is 5. The minimum atomic E-state index is -0.468. The molecule has 7 heteroatoms. The van der Waals surface area contributed by atoms with Crippen LogP contribution in [0.4, 0.5) is 0 Å². The lowest BCUT2D eigenvalue weighted by atomic mass is 9.86. The van der Waals surface area contributed by atoms with Crippen molar-refractivity contribution in [3.63, 3.8) is 0 Å². The van der Waals surface area contributed by atoms with Crippen molar-refractivity contribution in [2.24, 2.45) is 0 Å². The first-order valence-corrected chi connectivity index (χ1v) is 10.1. The lowest BCUT2D eigenvalue weighted by Crippen LogP contribution is -2.36. The van der Waals surface area contributed by atoms with E-state index in [1.54, 1.807) is 0 Å². The first kappa shape index (κ1) is 17.4. The molecule has 0 spiro atoms. The zero-order chi connectivity index (χ0) is 19.5. The second-order valence-corrected chi connectivity index (χ2v) is 7.73. The Hall–Kier alpha value is -2.48. The van der Waals surface area contributed by atoms with Crippen molar-refractivity contribution in [3.8, 4) is 23.0 Å². The van der Waals surface area contributed by atoms with Crippen LogP contribution in [0.15, 0.2) is 24.3 Å². The lowest BCUT2D eigenvalue weighted by molar-refractivity contribution is -0.172. The molecule has 0 amide bonds. The van der Waals surface area contributed by atoms with Crippen molar-refractivity contribution in [1.29, 1.82) is 0 Å². The summed E-state index contributed by atoms with van der Waals surface area (Å²) >= 11 is 0. The van der Waals surface area contributed by atoms with Gasteiger partial charge in [-0.3, -0.25) is 4.90 Å². The van der Waals surface area contributed by atoms with Crippen LogP contribution in [0.3, 0.4) is 0 Å². The molecule has 0 fully saturated rings. The van der Waals surface area contributed by atoms with Crippen molar-refractivity contribution >= 4 is 0 Å². The van der Waals surface area contributed by atoms with Gasteiger partial charge < -0.3 is 28.4 Å². The van der Waals surface area contributed by atoms with Crippen LogP contribution in [0, 0.1) is 0 Å². The number of benzene rings is 2. The molecule has 7 nitrogen and oxygen atoms in total. The molecule has 0 bridgehead atoms. The number of rotatable bonds is 3. The molecule has 2 aromatic rings. The number of ether oxygens (including phenoxy) is 6. The summed E-state index contributed by atoms with van der Waals surface area (Å²) in [5.74, 6) is 3.12. The highest BCUT2D eigenvalue weighted by molar-refractivity contribution is 5.56. The molecule has 6 rings (SSSR count). The fraction of sp³-hybridized carbons (Fsp3) is 0.455. The summed E-state index contributed by atoms with van der Waals surface area (Å²) in [5, 5.41) is 0. The number of hydrogen-bond donors (Lipinski definition) is 0. The second kappa shape index (κ2) is 6.52. The largest absolute Gasteiger partial charge is 0.454 e. The van der Waals surface area contributed by atoms with Gasteiger partial charge in [0.15, 0.2) is 29.3 Å². The summed E-state index contributed by atoms with van der Waals surface area (Å²) in [6, 6.07) is 8.32. The van der Waals surface area contributed by atoms with Gasteiger partial charge in [-0.25, -0.2) is 0 Å². The summed E-state index contributed by atoms with van der Waals surface area (Å²) in [4.78, 5) is 2.35. The minimum Gasteiger partial charge on any atom is -0.454 e. The smallest absolute Gasteiger partial charge is 0.231 e. The highest BCUT2D eigenvalue weighted by atomic mass is 16.7. The average molecular weight is 397 g/mol. The highest BCUT2D eigenvalue weighted by Gasteiger charge is 2.45. The van der Waals surface area contributed by atoms with Gasteiger partial charge in [-0.2, -0.15) is 0 Å². The molecule has 0 unspecified atom stereocenters. The van der Waals surface area contributed by atoms with Gasteiger partial charge in [0, 0.05) is 13.2 Å². The van der Waals surface area contributed by atoms with E-state index in [1.807, 2.05) is 13.0 Å². The number of hydrogen-bond acceptors (Lipinski definition) is 7. The van der Waals surface area contributed by atoms with Gasteiger partial charge in [-0.15, -0.1) is 0 Å². The van der Waals surface area contributed by atoms with E-state index < -0.39 is 6.29 Å². The quantitative estimate of drug-likeness (QED) is 0.786. The maximum absolute atomic E-state index is 6.51. The van der Waals surface area contributed by atoms with Crippen molar-refractivity contribution < 1.29 is 28.4 Å². The molecular formula is C22H23NO6. The second-order valence-electron chi connectivity index (χ2n) is 7.73. The van der Waals surface area contributed by atoms with E-state index in [1.165, 1.54) is 11.1 Å². The fourth-order valence-corrected chi connectivity index (χ4v) is 4.85. The normalized spacial score (nSPS) is 26.5. The van der Waals surface area contributed by atoms with Crippen LogP contribution in [-0.4, -0.2) is 38.7 Å². The van der Waals surface area contributed by atoms with E-state index in [9.17, 15) is 0 Å². The standard InChI is InChI=1S/C22H23NO6/c1-3-24-22-18-13(4-5-15-21(18)28-11-25-15)20(29-22)19-14-9-17-16(26-10-27-17)8-12(14)6-7-23(19)2/h4-5,8-9,19-20,22H,3,6-7,10-11H2,1-2H3/t19-,20+,22+/m0/s1. The first-order chi connectivity index (χ1) is 14.2. The number of nitrogens with zero attached hydrogens (tertiary/aromatic N) is 1. The highest BCUT2D eigenvalue weighted by Crippen LogP contribution is 2.55. The van der Waals surface area contributed by atoms with E-state index in [4.69, 9.17) is 28.4 Å². The summed E-state index contributed by atoms with van der Waals surface area (Å²) in [6.07, 6.45) is 0.319. The van der Waals surface area contributed by atoms with E-state index in [0.717, 1.165) is 47.1 Å². The van der Waals surface area contributed by atoms with Crippen LogP contribution in [0.25, 0.3) is 0 Å². The Morgan fingerprint density at radius 3 is 2.66 bits per heavy atom. The molecule has 0 aromatic heterocycles. The van der Waals surface area contributed by atoms with Crippen molar-refractivity contribution in [1.82, 2.24) is 4.90 Å². The Balaban J connectivity index is 1.47. The molecule has 0 saturated heterocycles. The molecule has 0 radical (unpaired) electrons. The van der Waals surface area contributed by atoms with Crippen molar-refractivity contribution in [2.45, 2.75) is 31.8 Å². The van der Waals surface area contributed by atoms with Crippen LogP contribution in [-0.2, 0) is 15.9 Å². The molecule has 2 aromatic carbocycles. The van der Waals surface area contributed by atoms with Crippen LogP contribution < -0.4 is 18.9 Å². The Kier molecular flexibility index (Phi) is 3.91. The molecule has 0 aliphatic carbocycles. The van der Waals surface area contributed by atoms with Gasteiger partial charge >= 0.3 is 0 Å². The third-order valence-corrected chi connectivity index (χ3v) is 6.19. The van der Waals surface area contributed by atoms with Crippen LogP contribution in [0.2, 0.25) is 0 Å². The maximum atomic E-state index is 6.51. The van der Waals surface area contributed by atoms with E-state index in [0.29, 0.717) is 6.61 Å². The van der Waals surface area contributed by atoms with Crippen LogP contribution in [0.1, 0.15) is 47.6 Å². The van der Waals surface area contributed by atoms with E-state index in [2.05, 4.69) is 30.1 Å². The molecule has 0 saturated carbocycles. The third kappa shape index (κ3) is 2.54. The Bertz CT molecular complexity index is 976. The maximum Gasteiger partial charge on any atom is 0.231 e. The van der Waals surface area contributed by atoms with Crippen LogP contribution >= 0.6 is 0 Å². The van der Waals surface area contributed by atoms with Gasteiger partial charge in [0.25, 0.3) is 0 Å². The first-order valence-electron chi connectivity index (χ1n) is 10.1. The van der Waals surface area contributed by atoms with Gasteiger partial charge in [0.05, 0.1) is 11.6 Å². The Morgan fingerprint density at radius 1 is 1.00 bits per heavy atom. The lowest BCUT2D eigenvalue weighted by Gasteiger charge is -2.38. The molecule has 0 N–H and O–H groups in total. The molecular weight excluding hydrogens is 374 g/mol. The molecule has 3 atom stereocenters. The van der Waals surface area contributed by atoms with Gasteiger partial charge in [0.2, 0.25) is 13.6 Å². The molecule has 29 heavy (non-hydrogen) atoms. The average Bonchev–Trinajstić information content (AvgIpc) is 3.44. The fourth-order valence-electron chi connectivity index (χ4n) is 4.85. The van der Waals surface area contributed by atoms with Gasteiger partial charge in [0.1, 0.15) is 6.10 Å². The topological polar surface area (TPSA) is 58.6 Å². The predicted molar refractivity (Wildman–Crippen MR) is 102 cm³/mol. The predicted octanol–water partition coefficient (Wildman–Crippen LogP) is 3.48. The monoisotopic (exact) mass is 397 g/mol. The summed E-state index contributed by atoms with van der Waals surface area (Å²) in [5.41, 5.74) is 4.54. The minimum absolute atomic E-state index is 0.0397. The number of likely N-dealkylation sites (N-methyl/N-ethyl adjacent to an activating group) is 1. The zero-order valence-electron chi connectivity index (χ0n) is 16.5.